The largest absolute Gasteiger partial charge is 0.573 e. The molecule has 3 rings (SSSR count). The third kappa shape index (κ3) is 5.43. The zero-order valence-corrected chi connectivity index (χ0v) is 15.3. The van der Waals surface area contributed by atoms with Crippen LogP contribution in [-0.4, -0.2) is 52.1 Å². The molecule has 0 atom stereocenters. The molecule has 0 saturated carbocycles. The van der Waals surface area contributed by atoms with E-state index in [4.69, 9.17) is 0 Å². The topological polar surface area (TPSA) is 68.1 Å². The van der Waals surface area contributed by atoms with E-state index < -0.39 is 6.36 Å². The normalized spacial score (nSPS) is 11.6. The Balaban J connectivity index is 1.76. The SMILES string of the molecule is CN(C)CCn1nnc(-c2ccccc2Nc2ccc(OC(F)(F)F)cc2)n1. The first kappa shape index (κ1) is 19.6. The third-order valence-corrected chi connectivity index (χ3v) is 3.73. The van der Waals surface area contributed by atoms with Crippen molar-refractivity contribution in [2.75, 3.05) is 26.0 Å². The molecule has 0 amide bonds. The van der Waals surface area contributed by atoms with E-state index in [1.54, 1.807) is 0 Å². The number of likely N-dealkylation sites (N-methyl/N-ethyl adjacent to an activating group) is 1. The maximum Gasteiger partial charge on any atom is 0.573 e. The molecule has 0 fully saturated rings. The number of para-hydroxylation sites is 1. The number of tetrazole rings is 1. The fourth-order valence-corrected chi connectivity index (χ4v) is 2.42. The van der Waals surface area contributed by atoms with Gasteiger partial charge in [0.05, 0.1) is 6.54 Å². The van der Waals surface area contributed by atoms with Crippen LogP contribution in [0.5, 0.6) is 5.75 Å². The predicted molar refractivity (Wildman–Crippen MR) is 98.2 cm³/mol. The summed E-state index contributed by atoms with van der Waals surface area (Å²) >= 11 is 0. The molecule has 2 aromatic carbocycles. The number of rotatable bonds is 7. The minimum absolute atomic E-state index is 0.281. The van der Waals surface area contributed by atoms with Gasteiger partial charge in [0.1, 0.15) is 5.75 Å². The Morgan fingerprint density at radius 1 is 1.07 bits per heavy atom. The standard InChI is InChI=1S/C18H19F3N6O/c1-26(2)11-12-27-24-17(23-25-27)15-5-3-4-6-16(15)22-13-7-9-14(10-8-13)28-18(19,20)21/h3-10,22H,11-12H2,1-2H3. The molecule has 7 nitrogen and oxygen atoms in total. The fraction of sp³-hybridized carbons (Fsp3) is 0.278. The summed E-state index contributed by atoms with van der Waals surface area (Å²) in [7, 11) is 3.92. The highest BCUT2D eigenvalue weighted by atomic mass is 19.4. The van der Waals surface area contributed by atoms with Crippen LogP contribution < -0.4 is 10.1 Å². The van der Waals surface area contributed by atoms with E-state index in [1.807, 2.05) is 43.3 Å². The van der Waals surface area contributed by atoms with Crippen molar-refractivity contribution in [3.8, 4) is 17.1 Å². The molecule has 0 saturated heterocycles. The van der Waals surface area contributed by atoms with E-state index in [0.29, 0.717) is 23.7 Å². The molecule has 28 heavy (non-hydrogen) atoms. The number of nitrogens with zero attached hydrogens (tertiary/aromatic N) is 5. The van der Waals surface area contributed by atoms with Gasteiger partial charge in [0, 0.05) is 23.5 Å². The lowest BCUT2D eigenvalue weighted by Crippen LogP contribution is -2.19. The summed E-state index contributed by atoms with van der Waals surface area (Å²) in [6.07, 6.45) is -4.72. The van der Waals surface area contributed by atoms with Gasteiger partial charge < -0.3 is 15.0 Å². The number of anilines is 2. The van der Waals surface area contributed by atoms with Gasteiger partial charge in [0.2, 0.25) is 5.82 Å². The number of hydrogen-bond donors (Lipinski definition) is 1. The molecule has 0 bridgehead atoms. The lowest BCUT2D eigenvalue weighted by atomic mass is 10.1. The Labute approximate surface area is 159 Å². The van der Waals surface area contributed by atoms with Crippen molar-refractivity contribution in [3.63, 3.8) is 0 Å². The van der Waals surface area contributed by atoms with Crippen LogP contribution in [0.3, 0.4) is 0 Å². The van der Waals surface area contributed by atoms with Gasteiger partial charge in [0.15, 0.2) is 0 Å². The molecule has 0 aliphatic heterocycles. The molecule has 0 radical (unpaired) electrons. The number of hydrogen-bond acceptors (Lipinski definition) is 6. The predicted octanol–water partition coefficient (Wildman–Crippen LogP) is 3.54. The number of ether oxygens (including phenoxy) is 1. The lowest BCUT2D eigenvalue weighted by Gasteiger charge is -2.12. The van der Waals surface area contributed by atoms with Crippen molar-refractivity contribution in [3.05, 3.63) is 48.5 Å². The molecule has 10 heteroatoms. The van der Waals surface area contributed by atoms with Gasteiger partial charge in [-0.25, -0.2) is 0 Å². The summed E-state index contributed by atoms with van der Waals surface area (Å²) < 4.78 is 40.7. The Bertz CT molecular complexity index is 908. The second-order valence-electron chi connectivity index (χ2n) is 6.25. The van der Waals surface area contributed by atoms with E-state index in [-0.39, 0.29) is 5.75 Å². The lowest BCUT2D eigenvalue weighted by molar-refractivity contribution is -0.274. The monoisotopic (exact) mass is 392 g/mol. The van der Waals surface area contributed by atoms with Crippen LogP contribution in [0, 0.1) is 0 Å². The second-order valence-corrected chi connectivity index (χ2v) is 6.25. The van der Waals surface area contributed by atoms with E-state index in [2.05, 4.69) is 25.5 Å². The average Bonchev–Trinajstić information content (AvgIpc) is 3.10. The number of halogens is 3. The van der Waals surface area contributed by atoms with Crippen LogP contribution in [0.15, 0.2) is 48.5 Å². The summed E-state index contributed by atoms with van der Waals surface area (Å²) in [5, 5.41) is 15.7. The minimum Gasteiger partial charge on any atom is -0.406 e. The molecule has 1 aromatic heterocycles. The first-order valence-electron chi connectivity index (χ1n) is 8.45. The Hall–Kier alpha value is -3.14. The Kier molecular flexibility index (Phi) is 5.78. The zero-order chi connectivity index (χ0) is 20.1. The van der Waals surface area contributed by atoms with Gasteiger partial charge >= 0.3 is 6.36 Å². The van der Waals surface area contributed by atoms with Crippen LogP contribution in [0.25, 0.3) is 11.4 Å². The molecular formula is C18H19F3N6O. The second kappa shape index (κ2) is 8.26. The Morgan fingerprint density at radius 3 is 2.46 bits per heavy atom. The van der Waals surface area contributed by atoms with Gasteiger partial charge in [-0.15, -0.1) is 23.4 Å². The van der Waals surface area contributed by atoms with Crippen LogP contribution in [0.4, 0.5) is 24.5 Å². The zero-order valence-electron chi connectivity index (χ0n) is 15.3. The van der Waals surface area contributed by atoms with Crippen molar-refractivity contribution in [2.24, 2.45) is 0 Å². The van der Waals surface area contributed by atoms with Crippen LogP contribution in [-0.2, 0) is 6.54 Å². The fourth-order valence-electron chi connectivity index (χ4n) is 2.42. The number of nitrogens with one attached hydrogen (secondary N) is 1. The van der Waals surface area contributed by atoms with Crippen molar-refractivity contribution in [1.29, 1.82) is 0 Å². The average molecular weight is 392 g/mol. The third-order valence-electron chi connectivity index (χ3n) is 3.73. The van der Waals surface area contributed by atoms with Gasteiger partial charge in [0.25, 0.3) is 0 Å². The summed E-state index contributed by atoms with van der Waals surface area (Å²) in [5.41, 5.74) is 2.04. The molecule has 1 N–H and O–H groups in total. The first-order valence-corrected chi connectivity index (χ1v) is 8.45. The molecule has 0 unspecified atom stereocenters. The van der Waals surface area contributed by atoms with Crippen molar-refractivity contribution in [2.45, 2.75) is 12.9 Å². The number of benzene rings is 2. The highest BCUT2D eigenvalue weighted by Crippen LogP contribution is 2.29. The number of aromatic nitrogens is 4. The summed E-state index contributed by atoms with van der Waals surface area (Å²) in [5.74, 6) is 0.177. The van der Waals surface area contributed by atoms with Crippen LogP contribution in [0.1, 0.15) is 0 Å². The quantitative estimate of drug-likeness (QED) is 0.663. The molecular weight excluding hydrogens is 373 g/mol. The summed E-state index contributed by atoms with van der Waals surface area (Å²) in [6, 6.07) is 12.8. The van der Waals surface area contributed by atoms with E-state index >= 15 is 0 Å². The molecule has 148 valence electrons. The highest BCUT2D eigenvalue weighted by Gasteiger charge is 2.30. The summed E-state index contributed by atoms with van der Waals surface area (Å²) in [6.45, 7) is 1.39. The van der Waals surface area contributed by atoms with Crippen molar-refractivity contribution < 1.29 is 17.9 Å². The molecule has 0 aliphatic carbocycles. The maximum absolute atomic E-state index is 12.3. The van der Waals surface area contributed by atoms with Crippen molar-refractivity contribution in [1.82, 2.24) is 25.1 Å². The summed E-state index contributed by atoms with van der Waals surface area (Å²) in [4.78, 5) is 3.54. The van der Waals surface area contributed by atoms with Gasteiger partial charge in [-0.2, -0.15) is 4.80 Å². The smallest absolute Gasteiger partial charge is 0.406 e. The molecule has 0 aliphatic rings. The van der Waals surface area contributed by atoms with Gasteiger partial charge in [-0.05, 0) is 55.7 Å². The highest BCUT2D eigenvalue weighted by molar-refractivity contribution is 5.77. The Morgan fingerprint density at radius 2 is 1.79 bits per heavy atom. The van der Waals surface area contributed by atoms with Gasteiger partial charge in [-0.1, -0.05) is 12.1 Å². The van der Waals surface area contributed by atoms with Crippen molar-refractivity contribution >= 4 is 11.4 Å². The van der Waals surface area contributed by atoms with Crippen LogP contribution >= 0.6 is 0 Å². The number of alkyl halides is 3. The molecule has 3 aromatic rings. The molecule has 1 heterocycles. The van der Waals surface area contributed by atoms with E-state index in [0.717, 1.165) is 12.1 Å². The molecule has 0 spiro atoms. The minimum atomic E-state index is -4.72. The first-order chi connectivity index (χ1) is 13.3. The van der Waals surface area contributed by atoms with Crippen LogP contribution in [0.2, 0.25) is 0 Å². The van der Waals surface area contributed by atoms with E-state index in [1.165, 1.54) is 29.1 Å². The maximum atomic E-state index is 12.3. The van der Waals surface area contributed by atoms with E-state index in [9.17, 15) is 13.2 Å². The van der Waals surface area contributed by atoms with Gasteiger partial charge in [-0.3, -0.25) is 0 Å².